The van der Waals surface area contributed by atoms with Crippen LogP contribution in [0.1, 0.15) is 26.5 Å². The first kappa shape index (κ1) is 12.6. The third-order valence-corrected chi connectivity index (χ3v) is 2.48. The lowest BCUT2D eigenvalue weighted by atomic mass is 10.1. The van der Waals surface area contributed by atoms with E-state index < -0.39 is 5.95 Å². The number of nitrogens with zero attached hydrogens (tertiary/aromatic N) is 2. The van der Waals surface area contributed by atoms with Crippen molar-refractivity contribution in [1.82, 2.24) is 10.6 Å². The van der Waals surface area contributed by atoms with E-state index in [1.807, 2.05) is 51.1 Å². The van der Waals surface area contributed by atoms with E-state index in [-0.39, 0.29) is 5.54 Å². The molecule has 0 bridgehead atoms. The second-order valence-electron chi connectivity index (χ2n) is 5.16. The highest BCUT2D eigenvalue weighted by molar-refractivity contribution is 5.22. The first-order valence-corrected chi connectivity index (χ1v) is 5.86. The van der Waals surface area contributed by atoms with Gasteiger partial charge < -0.3 is 14.9 Å². The van der Waals surface area contributed by atoms with Gasteiger partial charge in [0.25, 0.3) is 5.69 Å². The molecule has 0 radical (unpaired) electrons. The largest absolute Gasteiger partial charge is 0.539 e. The molecule has 0 aliphatic rings. The minimum absolute atomic E-state index is 0.0712. The predicted octanol–water partition coefficient (Wildman–Crippen LogP) is 0.913. The molecule has 0 unspecified atom stereocenters. The fourth-order valence-corrected chi connectivity index (χ4v) is 1.53. The Labute approximate surface area is 106 Å². The number of para-hydroxylation sites is 1. The quantitative estimate of drug-likeness (QED) is 0.819. The lowest BCUT2D eigenvalue weighted by Crippen LogP contribution is -2.42. The van der Waals surface area contributed by atoms with E-state index in [0.717, 1.165) is 5.69 Å². The van der Waals surface area contributed by atoms with Gasteiger partial charge in [0.15, 0.2) is 5.95 Å². The van der Waals surface area contributed by atoms with Crippen molar-refractivity contribution in [2.75, 3.05) is 0 Å². The fraction of sp³-hybridized carbons (Fsp3) is 0.385. The minimum atomic E-state index is -0.407. The minimum Gasteiger partial charge on any atom is -0.539 e. The molecule has 5 nitrogen and oxygen atoms in total. The SMILES string of the molecule is CC(C)(C)NCc1c([O-])on[n+]1-c1ccccc1. The van der Waals surface area contributed by atoms with E-state index in [9.17, 15) is 5.11 Å². The molecule has 2 aromatic rings. The fourth-order valence-electron chi connectivity index (χ4n) is 1.53. The normalized spacial score (nSPS) is 11.7. The Hall–Kier alpha value is -1.88. The summed E-state index contributed by atoms with van der Waals surface area (Å²) in [5.74, 6) is -0.407. The van der Waals surface area contributed by atoms with E-state index in [0.29, 0.717) is 12.2 Å². The molecule has 0 atom stereocenters. The number of aromatic nitrogens is 2. The summed E-state index contributed by atoms with van der Waals surface area (Å²) in [4.78, 5) is 0. The second kappa shape index (κ2) is 4.78. The summed E-state index contributed by atoms with van der Waals surface area (Å²) in [5.41, 5.74) is 1.24. The van der Waals surface area contributed by atoms with Gasteiger partial charge in [-0.3, -0.25) is 0 Å². The number of hydrogen-bond donors (Lipinski definition) is 1. The smallest absolute Gasteiger partial charge is 0.253 e. The van der Waals surface area contributed by atoms with Crippen LogP contribution in [0.5, 0.6) is 5.95 Å². The van der Waals surface area contributed by atoms with Crippen molar-refractivity contribution in [3.63, 3.8) is 0 Å². The molecular weight excluding hydrogens is 230 g/mol. The van der Waals surface area contributed by atoms with Crippen LogP contribution in [0.15, 0.2) is 34.9 Å². The zero-order valence-electron chi connectivity index (χ0n) is 10.8. The third-order valence-electron chi connectivity index (χ3n) is 2.48. The van der Waals surface area contributed by atoms with Crippen molar-refractivity contribution >= 4 is 0 Å². The highest BCUT2D eigenvalue weighted by Crippen LogP contribution is 2.11. The van der Waals surface area contributed by atoms with Gasteiger partial charge >= 0.3 is 0 Å². The van der Waals surface area contributed by atoms with Crippen LogP contribution in [0.3, 0.4) is 0 Å². The first-order chi connectivity index (χ1) is 8.47. The maximum atomic E-state index is 11.6. The molecule has 5 heteroatoms. The predicted molar refractivity (Wildman–Crippen MR) is 64.1 cm³/mol. The average molecular weight is 247 g/mol. The van der Waals surface area contributed by atoms with E-state index in [1.165, 1.54) is 4.68 Å². The van der Waals surface area contributed by atoms with E-state index in [4.69, 9.17) is 4.52 Å². The summed E-state index contributed by atoms with van der Waals surface area (Å²) in [6.07, 6.45) is 0. The van der Waals surface area contributed by atoms with E-state index in [1.54, 1.807) is 0 Å². The van der Waals surface area contributed by atoms with Crippen LogP contribution < -0.4 is 15.1 Å². The summed E-state index contributed by atoms with van der Waals surface area (Å²) < 4.78 is 6.26. The molecule has 0 spiro atoms. The number of rotatable bonds is 3. The Bertz CT molecular complexity index is 515. The molecule has 0 amide bonds. The zero-order valence-corrected chi connectivity index (χ0v) is 10.8. The molecule has 18 heavy (non-hydrogen) atoms. The van der Waals surface area contributed by atoms with Crippen molar-refractivity contribution in [2.24, 2.45) is 0 Å². The highest BCUT2D eigenvalue weighted by Gasteiger charge is 2.21. The molecule has 0 saturated carbocycles. The molecule has 1 aromatic heterocycles. The molecule has 1 aromatic carbocycles. The van der Waals surface area contributed by atoms with Crippen molar-refractivity contribution in [2.45, 2.75) is 32.9 Å². The van der Waals surface area contributed by atoms with Gasteiger partial charge in [-0.2, -0.15) is 0 Å². The summed E-state index contributed by atoms with van der Waals surface area (Å²) in [6.45, 7) is 6.54. The highest BCUT2D eigenvalue weighted by atomic mass is 16.6. The Kier molecular flexibility index (Phi) is 3.34. The molecule has 1 N–H and O–H groups in total. The zero-order chi connectivity index (χ0) is 13.2. The van der Waals surface area contributed by atoms with Crippen LogP contribution in [0.25, 0.3) is 5.69 Å². The summed E-state index contributed by atoms with van der Waals surface area (Å²) in [5, 5.41) is 18.7. The van der Waals surface area contributed by atoms with Crippen molar-refractivity contribution in [3.8, 4) is 11.6 Å². The van der Waals surface area contributed by atoms with Gasteiger partial charge in [-0.1, -0.05) is 18.2 Å². The molecule has 2 rings (SSSR count). The Morgan fingerprint density at radius 1 is 1.28 bits per heavy atom. The Morgan fingerprint density at radius 3 is 2.56 bits per heavy atom. The van der Waals surface area contributed by atoms with Crippen molar-refractivity contribution < 1.29 is 14.3 Å². The average Bonchev–Trinajstić information content (AvgIpc) is 2.68. The van der Waals surface area contributed by atoms with E-state index in [2.05, 4.69) is 10.6 Å². The molecule has 0 fully saturated rings. The molecule has 96 valence electrons. The lowest BCUT2D eigenvalue weighted by molar-refractivity contribution is -0.677. The van der Waals surface area contributed by atoms with Gasteiger partial charge in [-0.05, 0) is 25.5 Å². The van der Waals surface area contributed by atoms with Crippen LogP contribution in [0.4, 0.5) is 0 Å². The van der Waals surface area contributed by atoms with E-state index >= 15 is 0 Å². The molecular formula is C13H17N3O2. The third kappa shape index (κ3) is 2.87. The lowest BCUT2D eigenvalue weighted by Gasteiger charge is -2.18. The molecule has 0 saturated heterocycles. The van der Waals surface area contributed by atoms with Crippen LogP contribution in [-0.2, 0) is 6.54 Å². The Balaban J connectivity index is 2.28. The standard InChI is InChI=1S/C13H17N3O2/c1-13(2,3)14-9-11-12(17)18-15-16(11)10-7-5-4-6-8-10/h4-8,14H,9H2,1-3H3. The Morgan fingerprint density at radius 2 is 1.94 bits per heavy atom. The van der Waals surface area contributed by atoms with Crippen molar-refractivity contribution in [3.05, 3.63) is 36.0 Å². The maximum Gasteiger partial charge on any atom is 0.253 e. The van der Waals surface area contributed by atoms with Crippen LogP contribution in [0, 0.1) is 0 Å². The second-order valence-corrected chi connectivity index (χ2v) is 5.16. The van der Waals surface area contributed by atoms with Crippen molar-refractivity contribution in [1.29, 1.82) is 0 Å². The summed E-state index contributed by atoms with van der Waals surface area (Å²) in [6, 6.07) is 9.45. The van der Waals surface area contributed by atoms with Crippen LogP contribution in [0.2, 0.25) is 0 Å². The first-order valence-electron chi connectivity index (χ1n) is 5.86. The molecule has 1 heterocycles. The topological polar surface area (TPSA) is 65.0 Å². The maximum absolute atomic E-state index is 11.6. The van der Waals surface area contributed by atoms with Gasteiger partial charge in [-0.15, -0.1) is 0 Å². The monoisotopic (exact) mass is 247 g/mol. The number of hydrogen-bond acceptors (Lipinski definition) is 4. The van der Waals surface area contributed by atoms with Crippen LogP contribution >= 0.6 is 0 Å². The van der Waals surface area contributed by atoms with Gasteiger partial charge in [0.05, 0.1) is 11.8 Å². The summed E-state index contributed by atoms with van der Waals surface area (Å²) >= 11 is 0. The summed E-state index contributed by atoms with van der Waals surface area (Å²) in [7, 11) is 0. The van der Waals surface area contributed by atoms with Gasteiger partial charge in [0.2, 0.25) is 5.69 Å². The molecule has 0 aliphatic heterocycles. The van der Waals surface area contributed by atoms with Gasteiger partial charge in [0, 0.05) is 17.7 Å². The van der Waals surface area contributed by atoms with Gasteiger partial charge in [0.1, 0.15) is 0 Å². The van der Waals surface area contributed by atoms with Crippen LogP contribution in [-0.4, -0.2) is 10.8 Å². The number of benzene rings is 1. The number of nitrogens with one attached hydrogen (secondary N) is 1. The van der Waals surface area contributed by atoms with Gasteiger partial charge in [-0.25, -0.2) is 0 Å². The molecule has 0 aliphatic carbocycles.